The van der Waals surface area contributed by atoms with E-state index in [0.717, 1.165) is 24.2 Å². The van der Waals surface area contributed by atoms with E-state index in [0.29, 0.717) is 0 Å². The molecule has 1 unspecified atom stereocenters. The van der Waals surface area contributed by atoms with E-state index in [1.54, 1.807) is 0 Å². The number of aromatic nitrogens is 2. The Bertz CT molecular complexity index is 462. The summed E-state index contributed by atoms with van der Waals surface area (Å²) in [6.45, 7) is 2.10. The average Bonchev–Trinajstić information content (AvgIpc) is 2.57. The maximum atomic E-state index is 6.15. The number of benzene rings is 1. The summed E-state index contributed by atoms with van der Waals surface area (Å²) in [4.78, 5) is 4.58. The molecule has 0 aliphatic carbocycles. The summed E-state index contributed by atoms with van der Waals surface area (Å²) in [5.74, 6) is 1.07. The van der Waals surface area contributed by atoms with Crippen molar-refractivity contribution in [2.24, 2.45) is 7.05 Å². The summed E-state index contributed by atoms with van der Waals surface area (Å²) >= 11 is 6.15. The van der Waals surface area contributed by atoms with Crippen LogP contribution in [0.25, 0.3) is 11.0 Å². The molecular formula is C12H15ClN2. The Kier molecular flexibility index (Phi) is 2.96. The van der Waals surface area contributed by atoms with Gasteiger partial charge in [0.25, 0.3) is 0 Å². The van der Waals surface area contributed by atoms with Gasteiger partial charge in [-0.3, -0.25) is 0 Å². The minimum absolute atomic E-state index is 0.181. The smallest absolute Gasteiger partial charge is 0.111 e. The number of alkyl halides is 1. The summed E-state index contributed by atoms with van der Waals surface area (Å²) in [5, 5.41) is 0.181. The zero-order valence-corrected chi connectivity index (χ0v) is 9.83. The van der Waals surface area contributed by atoms with Crippen molar-refractivity contribution in [3.63, 3.8) is 0 Å². The average molecular weight is 223 g/mol. The minimum Gasteiger partial charge on any atom is -0.331 e. The lowest BCUT2D eigenvalue weighted by Gasteiger charge is -2.05. The Morgan fingerprint density at radius 3 is 2.80 bits per heavy atom. The van der Waals surface area contributed by atoms with Crippen molar-refractivity contribution in [3.05, 3.63) is 30.1 Å². The van der Waals surface area contributed by atoms with Crippen molar-refractivity contribution in [2.45, 2.75) is 25.1 Å². The Hall–Kier alpha value is -1.02. The van der Waals surface area contributed by atoms with Crippen LogP contribution in [0.2, 0.25) is 0 Å². The highest BCUT2D eigenvalue weighted by Gasteiger charge is 2.10. The van der Waals surface area contributed by atoms with Crippen molar-refractivity contribution in [1.29, 1.82) is 0 Å². The largest absolute Gasteiger partial charge is 0.331 e. The fourth-order valence-corrected chi connectivity index (χ4v) is 1.86. The molecule has 1 heterocycles. The molecule has 2 nitrogen and oxygen atoms in total. The van der Waals surface area contributed by atoms with Gasteiger partial charge in [0.05, 0.1) is 11.0 Å². The van der Waals surface area contributed by atoms with Crippen LogP contribution in [0, 0.1) is 0 Å². The maximum Gasteiger partial charge on any atom is 0.111 e. The first-order valence-corrected chi connectivity index (χ1v) is 5.70. The highest BCUT2D eigenvalue weighted by molar-refractivity contribution is 6.20. The lowest BCUT2D eigenvalue weighted by atomic mass is 10.2. The van der Waals surface area contributed by atoms with Gasteiger partial charge in [-0.15, -0.1) is 11.6 Å². The zero-order valence-electron chi connectivity index (χ0n) is 9.07. The van der Waals surface area contributed by atoms with Gasteiger partial charge in [-0.1, -0.05) is 19.1 Å². The molecule has 15 heavy (non-hydrogen) atoms. The summed E-state index contributed by atoms with van der Waals surface area (Å²) in [7, 11) is 2.05. The Morgan fingerprint density at radius 2 is 2.13 bits per heavy atom. The first-order valence-electron chi connectivity index (χ1n) is 5.26. The molecule has 1 atom stereocenters. The second-order valence-electron chi connectivity index (χ2n) is 3.79. The molecule has 0 saturated carbocycles. The van der Waals surface area contributed by atoms with E-state index in [4.69, 9.17) is 11.6 Å². The second kappa shape index (κ2) is 4.23. The number of halogens is 1. The van der Waals surface area contributed by atoms with Crippen LogP contribution < -0.4 is 0 Å². The van der Waals surface area contributed by atoms with Crippen LogP contribution in [0.15, 0.2) is 24.3 Å². The summed E-state index contributed by atoms with van der Waals surface area (Å²) in [6, 6.07) is 8.16. The SMILES string of the molecule is CCC(Cl)Cc1nc2ccccc2n1C. The highest BCUT2D eigenvalue weighted by Crippen LogP contribution is 2.17. The summed E-state index contributed by atoms with van der Waals surface area (Å²) in [5.41, 5.74) is 2.22. The van der Waals surface area contributed by atoms with E-state index < -0.39 is 0 Å². The third-order valence-electron chi connectivity index (χ3n) is 2.73. The van der Waals surface area contributed by atoms with Gasteiger partial charge in [-0.25, -0.2) is 4.98 Å². The van der Waals surface area contributed by atoms with Gasteiger partial charge in [0.15, 0.2) is 0 Å². The van der Waals surface area contributed by atoms with Crippen molar-refractivity contribution in [1.82, 2.24) is 9.55 Å². The molecule has 80 valence electrons. The molecule has 0 amide bonds. The number of fused-ring (bicyclic) bond motifs is 1. The third-order valence-corrected chi connectivity index (χ3v) is 3.19. The van der Waals surface area contributed by atoms with Crippen LogP contribution >= 0.6 is 11.6 Å². The number of para-hydroxylation sites is 2. The molecule has 0 aliphatic heterocycles. The quantitative estimate of drug-likeness (QED) is 0.730. The van der Waals surface area contributed by atoms with E-state index in [9.17, 15) is 0 Å². The molecule has 2 aromatic rings. The molecule has 0 radical (unpaired) electrons. The van der Waals surface area contributed by atoms with Crippen molar-refractivity contribution < 1.29 is 0 Å². The fraction of sp³-hybridized carbons (Fsp3) is 0.417. The third kappa shape index (κ3) is 2.00. The van der Waals surface area contributed by atoms with Gasteiger partial charge in [-0.05, 0) is 18.6 Å². The highest BCUT2D eigenvalue weighted by atomic mass is 35.5. The lowest BCUT2D eigenvalue weighted by molar-refractivity contribution is 0.727. The molecule has 0 aliphatic rings. The number of hydrogen-bond donors (Lipinski definition) is 0. The van der Waals surface area contributed by atoms with Crippen LogP contribution in [0.4, 0.5) is 0 Å². The van der Waals surface area contributed by atoms with Gasteiger partial charge in [0.2, 0.25) is 0 Å². The molecule has 1 aromatic carbocycles. The van der Waals surface area contributed by atoms with E-state index >= 15 is 0 Å². The van der Waals surface area contributed by atoms with E-state index in [2.05, 4.69) is 22.5 Å². The van der Waals surface area contributed by atoms with Gasteiger partial charge in [0, 0.05) is 18.8 Å². The molecule has 1 aromatic heterocycles. The van der Waals surface area contributed by atoms with Crippen LogP contribution in [-0.4, -0.2) is 14.9 Å². The molecule has 0 fully saturated rings. The Morgan fingerprint density at radius 1 is 1.40 bits per heavy atom. The van der Waals surface area contributed by atoms with E-state index in [1.807, 2.05) is 25.2 Å². The predicted octanol–water partition coefficient (Wildman–Crippen LogP) is 3.13. The summed E-state index contributed by atoms with van der Waals surface area (Å²) < 4.78 is 2.13. The normalized spacial score (nSPS) is 13.3. The predicted molar refractivity (Wildman–Crippen MR) is 64.4 cm³/mol. The maximum absolute atomic E-state index is 6.15. The number of rotatable bonds is 3. The Labute approximate surface area is 94.9 Å². The van der Waals surface area contributed by atoms with Crippen molar-refractivity contribution in [3.8, 4) is 0 Å². The molecule has 0 spiro atoms. The van der Waals surface area contributed by atoms with Crippen molar-refractivity contribution >= 4 is 22.6 Å². The number of hydrogen-bond acceptors (Lipinski definition) is 1. The van der Waals surface area contributed by atoms with Crippen molar-refractivity contribution in [2.75, 3.05) is 0 Å². The lowest BCUT2D eigenvalue weighted by Crippen LogP contribution is -2.06. The standard InChI is InChI=1S/C12H15ClN2/c1-3-9(13)8-12-14-10-6-4-5-7-11(10)15(12)2/h4-7,9H,3,8H2,1-2H3. The minimum atomic E-state index is 0.181. The number of imidazole rings is 1. The van der Waals surface area contributed by atoms with E-state index in [1.165, 1.54) is 5.52 Å². The molecule has 0 N–H and O–H groups in total. The molecule has 2 rings (SSSR count). The molecule has 3 heteroatoms. The second-order valence-corrected chi connectivity index (χ2v) is 4.40. The Balaban J connectivity index is 2.40. The topological polar surface area (TPSA) is 17.8 Å². The molecule has 0 saturated heterocycles. The number of aryl methyl sites for hydroxylation is 1. The van der Waals surface area contributed by atoms with Crippen LogP contribution in [0.1, 0.15) is 19.2 Å². The van der Waals surface area contributed by atoms with Gasteiger partial charge in [-0.2, -0.15) is 0 Å². The summed E-state index contributed by atoms with van der Waals surface area (Å²) in [6.07, 6.45) is 1.81. The van der Waals surface area contributed by atoms with Gasteiger partial charge >= 0.3 is 0 Å². The van der Waals surface area contributed by atoms with Crippen LogP contribution in [0.3, 0.4) is 0 Å². The van der Waals surface area contributed by atoms with Crippen LogP contribution in [0.5, 0.6) is 0 Å². The zero-order chi connectivity index (χ0) is 10.8. The molecule has 0 bridgehead atoms. The van der Waals surface area contributed by atoms with E-state index in [-0.39, 0.29) is 5.38 Å². The van der Waals surface area contributed by atoms with Gasteiger partial charge in [0.1, 0.15) is 5.82 Å². The number of nitrogens with zero attached hydrogens (tertiary/aromatic N) is 2. The van der Waals surface area contributed by atoms with Gasteiger partial charge < -0.3 is 4.57 Å². The first-order chi connectivity index (χ1) is 7.22. The van der Waals surface area contributed by atoms with Crippen LogP contribution in [-0.2, 0) is 13.5 Å². The monoisotopic (exact) mass is 222 g/mol. The fourth-order valence-electron chi connectivity index (χ4n) is 1.72. The molecular weight excluding hydrogens is 208 g/mol. The first kappa shape index (κ1) is 10.5.